The van der Waals surface area contributed by atoms with E-state index in [9.17, 15) is 0 Å². The summed E-state index contributed by atoms with van der Waals surface area (Å²) in [5.74, 6) is 3.59. The summed E-state index contributed by atoms with van der Waals surface area (Å²) in [6.45, 7) is 10.1. The molecule has 0 aliphatic carbocycles. The second kappa shape index (κ2) is 24.8. The molecule has 0 N–H and O–H groups in total. The number of nitrogens with zero attached hydrogens (tertiary/aromatic N) is 5. The number of aromatic nitrogens is 3. The Bertz CT molecular complexity index is 3850. The van der Waals surface area contributed by atoms with Gasteiger partial charge in [0.2, 0.25) is 5.88 Å². The molecule has 0 unspecified atom stereocenters. The zero-order chi connectivity index (χ0) is 56.1. The summed E-state index contributed by atoms with van der Waals surface area (Å²) in [7, 11) is 0. The average molecular weight is 1070 g/mol. The Balaban J connectivity index is 0.775. The molecule has 0 aliphatic rings. The van der Waals surface area contributed by atoms with Crippen LogP contribution in [0.1, 0.15) is 31.9 Å². The van der Waals surface area contributed by atoms with Crippen molar-refractivity contribution in [2.45, 2.75) is 26.2 Å². The van der Waals surface area contributed by atoms with E-state index in [-0.39, 0.29) is 29.9 Å². The second-order valence-electron chi connectivity index (χ2n) is 19.4. The standard InChI is InChI=1S/C71H55N5O6/c1-49(77-61-37-25-55(26-38-61)51-17-9-5-10-18-51)72-67(79-63-39-27-56(28-40-63)52-19-11-6-12-20-52)73-50(2)78-62-45-33-59(34-46-62)71(3,4)60-35-47-66(48-36-60)82-70-75-68(80-64-41-29-57(30-42-64)53-21-13-7-14-22-53)74-69(76-70)81-65-43-31-58(32-44-65)54-23-15-8-16-24-54/h5-48H,2H2,1,3-4H3/b72-49+,73-67+. The van der Waals surface area contributed by atoms with Crippen molar-refractivity contribution in [3.05, 3.63) is 291 Å². The molecule has 0 aliphatic heterocycles. The highest BCUT2D eigenvalue weighted by atomic mass is 16.5. The highest BCUT2D eigenvalue weighted by Crippen LogP contribution is 2.36. The minimum atomic E-state index is -0.432. The highest BCUT2D eigenvalue weighted by molar-refractivity contribution is 5.91. The predicted octanol–water partition coefficient (Wildman–Crippen LogP) is 18.0. The van der Waals surface area contributed by atoms with Gasteiger partial charge in [-0.1, -0.05) is 208 Å². The molecule has 400 valence electrons. The summed E-state index contributed by atoms with van der Waals surface area (Å²) in [5, 5.41) is 0. The third kappa shape index (κ3) is 13.7. The maximum atomic E-state index is 6.28. The first kappa shape index (κ1) is 53.1. The van der Waals surface area contributed by atoms with Crippen molar-refractivity contribution in [3.63, 3.8) is 0 Å². The van der Waals surface area contributed by atoms with Gasteiger partial charge in [0, 0.05) is 12.3 Å². The number of amidine groups is 1. The van der Waals surface area contributed by atoms with E-state index < -0.39 is 5.41 Å². The molecule has 82 heavy (non-hydrogen) atoms. The molecule has 0 saturated heterocycles. The maximum absolute atomic E-state index is 6.28. The van der Waals surface area contributed by atoms with Gasteiger partial charge in [0.1, 0.15) is 34.5 Å². The van der Waals surface area contributed by atoms with Crippen LogP contribution in [0.5, 0.6) is 52.5 Å². The molecule has 1 heterocycles. The predicted molar refractivity (Wildman–Crippen MR) is 324 cm³/mol. The lowest BCUT2D eigenvalue weighted by atomic mass is 9.78. The van der Waals surface area contributed by atoms with Crippen LogP contribution in [0.2, 0.25) is 0 Å². The normalized spacial score (nSPS) is 11.5. The van der Waals surface area contributed by atoms with Crippen molar-refractivity contribution in [3.8, 4) is 97.0 Å². The zero-order valence-corrected chi connectivity index (χ0v) is 45.3. The van der Waals surface area contributed by atoms with Gasteiger partial charge in [0.25, 0.3) is 0 Å². The van der Waals surface area contributed by atoms with Crippen molar-refractivity contribution in [2.75, 3.05) is 0 Å². The Hall–Kier alpha value is -10.9. The van der Waals surface area contributed by atoms with Gasteiger partial charge >= 0.3 is 24.1 Å². The van der Waals surface area contributed by atoms with Crippen LogP contribution in [0.4, 0.5) is 0 Å². The summed E-state index contributed by atoms with van der Waals surface area (Å²) in [5.41, 5.74) is 10.2. The molecule has 1 aromatic heterocycles. The number of rotatable bonds is 17. The minimum Gasteiger partial charge on any atom is -0.443 e. The van der Waals surface area contributed by atoms with Crippen molar-refractivity contribution in [1.29, 1.82) is 0 Å². The number of aliphatic imine (C=N–C) groups is 2. The van der Waals surface area contributed by atoms with Crippen LogP contribution in [0.15, 0.2) is 289 Å². The van der Waals surface area contributed by atoms with Crippen LogP contribution in [-0.4, -0.2) is 26.9 Å². The third-order valence-corrected chi connectivity index (χ3v) is 13.4. The van der Waals surface area contributed by atoms with Gasteiger partial charge in [-0.05, 0) is 135 Å². The number of ether oxygens (including phenoxy) is 6. The lowest BCUT2D eigenvalue weighted by molar-refractivity contribution is 0.362. The van der Waals surface area contributed by atoms with Crippen LogP contribution < -0.4 is 28.4 Å². The smallest absolute Gasteiger partial charge is 0.331 e. The topological polar surface area (TPSA) is 119 Å². The minimum absolute atomic E-state index is 0.00263. The van der Waals surface area contributed by atoms with Gasteiger partial charge in [-0.25, -0.2) is 0 Å². The monoisotopic (exact) mass is 1070 g/mol. The molecule has 11 nitrogen and oxygen atoms in total. The van der Waals surface area contributed by atoms with Crippen molar-refractivity contribution in [2.24, 2.45) is 9.98 Å². The molecule has 0 radical (unpaired) electrons. The summed E-state index contributed by atoms with van der Waals surface area (Å²) >= 11 is 0. The van der Waals surface area contributed by atoms with Gasteiger partial charge in [-0.2, -0.15) is 9.98 Å². The fourth-order valence-electron chi connectivity index (χ4n) is 8.97. The second-order valence-corrected chi connectivity index (χ2v) is 19.4. The number of benzene rings is 10. The van der Waals surface area contributed by atoms with E-state index in [1.807, 2.05) is 218 Å². The molecule has 11 aromatic rings. The Morgan fingerprint density at radius 2 is 0.585 bits per heavy atom. The molecule has 11 rings (SSSR count). The molecule has 0 spiro atoms. The van der Waals surface area contributed by atoms with E-state index in [0.29, 0.717) is 40.4 Å². The van der Waals surface area contributed by atoms with Crippen molar-refractivity contribution in [1.82, 2.24) is 15.0 Å². The summed E-state index contributed by atoms with van der Waals surface area (Å²) in [6.07, 6.45) is 0. The fourth-order valence-corrected chi connectivity index (χ4v) is 8.97. The van der Waals surface area contributed by atoms with Gasteiger partial charge in [0.05, 0.1) is 0 Å². The largest absolute Gasteiger partial charge is 0.443 e. The first-order valence-electron chi connectivity index (χ1n) is 26.6. The maximum Gasteiger partial charge on any atom is 0.331 e. The molecule has 0 amide bonds. The first-order chi connectivity index (χ1) is 40.1. The molecule has 10 aromatic carbocycles. The third-order valence-electron chi connectivity index (χ3n) is 13.4. The Morgan fingerprint density at radius 1 is 0.317 bits per heavy atom. The van der Waals surface area contributed by atoms with E-state index in [1.165, 1.54) is 0 Å². The molecule has 0 atom stereocenters. The van der Waals surface area contributed by atoms with E-state index in [4.69, 9.17) is 28.4 Å². The van der Waals surface area contributed by atoms with Crippen molar-refractivity contribution >= 4 is 11.9 Å². The summed E-state index contributed by atoms with van der Waals surface area (Å²) < 4.78 is 37.2. The summed E-state index contributed by atoms with van der Waals surface area (Å²) in [6, 6.07) is 86.9. The van der Waals surface area contributed by atoms with Crippen LogP contribution in [0.25, 0.3) is 44.5 Å². The van der Waals surface area contributed by atoms with Crippen LogP contribution in [0.3, 0.4) is 0 Å². The Morgan fingerprint density at radius 3 is 0.927 bits per heavy atom. The van der Waals surface area contributed by atoms with Gasteiger partial charge in [-0.15, -0.1) is 15.0 Å². The zero-order valence-electron chi connectivity index (χ0n) is 45.3. The number of hydrogen-bond acceptors (Lipinski definition) is 10. The lowest BCUT2D eigenvalue weighted by Crippen LogP contribution is -2.18. The highest BCUT2D eigenvalue weighted by Gasteiger charge is 2.24. The SMILES string of the molecule is C=C(/N=C(\N=C(/C)Oc1ccc(-c2ccccc2)cc1)Oc1ccc(-c2ccccc2)cc1)Oc1ccc(C(C)(C)c2ccc(Oc3nc(Oc4ccc(-c5ccccc5)cc4)nc(Oc4ccc(-c5ccccc5)cc4)n3)cc2)cc1. The van der Waals surface area contributed by atoms with Crippen molar-refractivity contribution < 1.29 is 28.4 Å². The molecular weight excluding hydrogens is 1020 g/mol. The molecule has 0 bridgehead atoms. The lowest BCUT2D eigenvalue weighted by Gasteiger charge is -2.26. The van der Waals surface area contributed by atoms with Crippen LogP contribution >= 0.6 is 0 Å². The van der Waals surface area contributed by atoms with Gasteiger partial charge < -0.3 is 28.4 Å². The van der Waals surface area contributed by atoms with E-state index in [2.05, 4.69) is 93.9 Å². The fraction of sp³-hybridized carbons (Fsp3) is 0.0563. The Labute approximate surface area is 476 Å². The van der Waals surface area contributed by atoms with E-state index in [0.717, 1.165) is 55.6 Å². The number of hydrogen-bond donors (Lipinski definition) is 0. The molecular formula is C71H55N5O6. The van der Waals surface area contributed by atoms with E-state index in [1.54, 1.807) is 6.92 Å². The molecule has 0 fully saturated rings. The summed E-state index contributed by atoms with van der Waals surface area (Å²) in [4.78, 5) is 22.8. The first-order valence-corrected chi connectivity index (χ1v) is 26.6. The quantitative estimate of drug-likeness (QED) is 0.0499. The van der Waals surface area contributed by atoms with Gasteiger partial charge in [0.15, 0.2) is 5.90 Å². The van der Waals surface area contributed by atoms with E-state index >= 15 is 0 Å². The Kier molecular flexibility index (Phi) is 16.1. The van der Waals surface area contributed by atoms with Crippen LogP contribution in [0, 0.1) is 0 Å². The average Bonchev–Trinajstić information content (AvgIpc) is 3.52. The molecule has 11 heteroatoms. The van der Waals surface area contributed by atoms with Gasteiger partial charge in [-0.3, -0.25) is 0 Å². The molecule has 0 saturated carbocycles. The van der Waals surface area contributed by atoms with Crippen LogP contribution in [-0.2, 0) is 5.41 Å².